The maximum Gasteiger partial charge on any atom is 0.138 e. The van der Waals surface area contributed by atoms with Crippen LogP contribution in [0.3, 0.4) is 0 Å². The fourth-order valence-corrected chi connectivity index (χ4v) is 1.31. The maximum atomic E-state index is 9.18. The third-order valence-electron chi connectivity index (χ3n) is 1.99. The molecule has 1 aromatic rings. The van der Waals surface area contributed by atoms with E-state index in [2.05, 4.69) is 4.98 Å². The fraction of sp³-hybridized carbons (Fsp3) is 0.583. The van der Waals surface area contributed by atoms with E-state index in [1.807, 2.05) is 26.1 Å². The molecule has 1 unspecified atom stereocenters. The van der Waals surface area contributed by atoms with E-state index in [1.165, 1.54) is 0 Å². The number of nitrogens with zero attached hydrogens (tertiary/aromatic N) is 1. The van der Waals surface area contributed by atoms with Gasteiger partial charge in [0.2, 0.25) is 0 Å². The summed E-state index contributed by atoms with van der Waals surface area (Å²) in [6, 6.07) is 1.98. The maximum absolute atomic E-state index is 9.18. The lowest BCUT2D eigenvalue weighted by atomic mass is 10.1. The van der Waals surface area contributed by atoms with Crippen LogP contribution in [0.5, 0.6) is 5.75 Å². The second-order valence-electron chi connectivity index (χ2n) is 4.08. The molecular formula is C12H19NO2. The first kappa shape index (κ1) is 12.0. The number of aliphatic hydroxyl groups excluding tert-OH is 1. The number of pyridine rings is 1. The minimum absolute atomic E-state index is 0.166. The van der Waals surface area contributed by atoms with Gasteiger partial charge in [0, 0.05) is 6.20 Å². The summed E-state index contributed by atoms with van der Waals surface area (Å²) in [6.45, 7) is 5.77. The number of hydrogen-bond donors (Lipinski definition) is 1. The smallest absolute Gasteiger partial charge is 0.138 e. The van der Waals surface area contributed by atoms with Gasteiger partial charge in [-0.25, -0.2) is 0 Å². The van der Waals surface area contributed by atoms with Crippen LogP contribution in [-0.2, 0) is 6.42 Å². The average molecular weight is 209 g/mol. The van der Waals surface area contributed by atoms with E-state index in [1.54, 1.807) is 13.1 Å². The van der Waals surface area contributed by atoms with Crippen LogP contribution in [0, 0.1) is 0 Å². The van der Waals surface area contributed by atoms with Gasteiger partial charge >= 0.3 is 0 Å². The van der Waals surface area contributed by atoms with Crippen LogP contribution in [0.2, 0.25) is 0 Å². The van der Waals surface area contributed by atoms with Gasteiger partial charge in [-0.3, -0.25) is 4.98 Å². The van der Waals surface area contributed by atoms with E-state index in [9.17, 15) is 5.11 Å². The second-order valence-corrected chi connectivity index (χ2v) is 4.08. The van der Waals surface area contributed by atoms with E-state index >= 15 is 0 Å². The molecule has 3 nitrogen and oxygen atoms in total. The molecule has 1 rings (SSSR count). The van der Waals surface area contributed by atoms with Crippen molar-refractivity contribution in [2.75, 3.05) is 0 Å². The van der Waals surface area contributed by atoms with E-state index in [4.69, 9.17) is 4.74 Å². The molecule has 0 spiro atoms. The van der Waals surface area contributed by atoms with Gasteiger partial charge < -0.3 is 9.84 Å². The SMILES string of the molecule is CC(O)CCc1cncc(OC(C)C)c1. The van der Waals surface area contributed by atoms with Gasteiger partial charge in [-0.15, -0.1) is 0 Å². The van der Waals surface area contributed by atoms with Crippen molar-refractivity contribution in [3.05, 3.63) is 24.0 Å². The quantitative estimate of drug-likeness (QED) is 0.808. The number of aromatic nitrogens is 1. The predicted molar refractivity (Wildman–Crippen MR) is 60.0 cm³/mol. The Morgan fingerprint density at radius 2 is 2.07 bits per heavy atom. The zero-order valence-electron chi connectivity index (χ0n) is 9.60. The van der Waals surface area contributed by atoms with Crippen LogP contribution in [0.25, 0.3) is 0 Å². The van der Waals surface area contributed by atoms with Crippen molar-refractivity contribution >= 4 is 0 Å². The molecule has 1 atom stereocenters. The molecule has 1 N–H and O–H groups in total. The summed E-state index contributed by atoms with van der Waals surface area (Å²) in [5, 5.41) is 9.18. The van der Waals surface area contributed by atoms with Crippen molar-refractivity contribution in [1.82, 2.24) is 4.98 Å². The molecule has 1 aromatic heterocycles. The third kappa shape index (κ3) is 4.79. The fourth-order valence-electron chi connectivity index (χ4n) is 1.31. The van der Waals surface area contributed by atoms with Gasteiger partial charge in [-0.2, -0.15) is 0 Å². The normalized spacial score (nSPS) is 12.9. The summed E-state index contributed by atoms with van der Waals surface area (Å²) < 4.78 is 5.54. The molecule has 0 aliphatic carbocycles. The number of hydrogen-bond acceptors (Lipinski definition) is 3. The van der Waals surface area contributed by atoms with Crippen LogP contribution in [-0.4, -0.2) is 22.3 Å². The van der Waals surface area contributed by atoms with E-state index in [0.29, 0.717) is 0 Å². The van der Waals surface area contributed by atoms with Crippen LogP contribution >= 0.6 is 0 Å². The van der Waals surface area contributed by atoms with Gasteiger partial charge in [-0.05, 0) is 45.2 Å². The summed E-state index contributed by atoms with van der Waals surface area (Å²) in [6.07, 6.45) is 5.02. The molecule has 3 heteroatoms. The summed E-state index contributed by atoms with van der Waals surface area (Å²) in [5.74, 6) is 0.799. The molecule has 0 bridgehead atoms. The van der Waals surface area contributed by atoms with E-state index in [-0.39, 0.29) is 12.2 Å². The lowest BCUT2D eigenvalue weighted by Crippen LogP contribution is -2.06. The van der Waals surface area contributed by atoms with Crippen LogP contribution < -0.4 is 4.74 Å². The molecule has 1 heterocycles. The van der Waals surface area contributed by atoms with Crippen molar-refractivity contribution in [1.29, 1.82) is 0 Å². The predicted octanol–water partition coefficient (Wildman–Crippen LogP) is 2.18. The topological polar surface area (TPSA) is 42.4 Å². The molecule has 0 aromatic carbocycles. The summed E-state index contributed by atoms with van der Waals surface area (Å²) in [5.41, 5.74) is 1.11. The molecule has 0 aliphatic heterocycles. The highest BCUT2D eigenvalue weighted by molar-refractivity contribution is 5.23. The molecule has 0 amide bonds. The highest BCUT2D eigenvalue weighted by Crippen LogP contribution is 2.14. The summed E-state index contributed by atoms with van der Waals surface area (Å²) in [4.78, 5) is 4.11. The molecule has 0 fully saturated rings. The minimum Gasteiger partial charge on any atom is -0.489 e. The monoisotopic (exact) mass is 209 g/mol. The van der Waals surface area contributed by atoms with Gasteiger partial charge in [0.15, 0.2) is 0 Å². The van der Waals surface area contributed by atoms with Crippen molar-refractivity contribution < 1.29 is 9.84 Å². The van der Waals surface area contributed by atoms with E-state index in [0.717, 1.165) is 24.2 Å². The minimum atomic E-state index is -0.264. The van der Waals surface area contributed by atoms with Crippen LogP contribution in [0.4, 0.5) is 0 Å². The first-order valence-electron chi connectivity index (χ1n) is 5.36. The molecule has 0 saturated carbocycles. The number of ether oxygens (including phenoxy) is 1. The summed E-state index contributed by atoms with van der Waals surface area (Å²) >= 11 is 0. The van der Waals surface area contributed by atoms with Crippen molar-refractivity contribution in [2.24, 2.45) is 0 Å². The third-order valence-corrected chi connectivity index (χ3v) is 1.99. The Labute approximate surface area is 91.1 Å². The first-order chi connectivity index (χ1) is 7.08. The van der Waals surface area contributed by atoms with Gasteiger partial charge in [0.05, 0.1) is 18.4 Å². The van der Waals surface area contributed by atoms with Crippen molar-refractivity contribution in [2.45, 2.75) is 45.8 Å². The van der Waals surface area contributed by atoms with Crippen molar-refractivity contribution in [3.63, 3.8) is 0 Å². The molecular weight excluding hydrogens is 190 g/mol. The van der Waals surface area contributed by atoms with Gasteiger partial charge in [0.25, 0.3) is 0 Å². The summed E-state index contributed by atoms with van der Waals surface area (Å²) in [7, 11) is 0. The van der Waals surface area contributed by atoms with Gasteiger partial charge in [-0.1, -0.05) is 0 Å². The average Bonchev–Trinajstić information content (AvgIpc) is 2.14. The Bertz CT molecular complexity index is 297. The molecule has 0 radical (unpaired) electrons. The highest BCUT2D eigenvalue weighted by Gasteiger charge is 2.02. The molecule has 84 valence electrons. The Morgan fingerprint density at radius 3 is 2.67 bits per heavy atom. The lowest BCUT2D eigenvalue weighted by Gasteiger charge is -2.10. The second kappa shape index (κ2) is 5.71. The van der Waals surface area contributed by atoms with Crippen LogP contribution in [0.1, 0.15) is 32.8 Å². The zero-order chi connectivity index (χ0) is 11.3. The number of rotatable bonds is 5. The Hall–Kier alpha value is -1.09. The Kier molecular flexibility index (Phi) is 4.56. The molecule has 15 heavy (non-hydrogen) atoms. The molecule has 0 aliphatic rings. The first-order valence-corrected chi connectivity index (χ1v) is 5.36. The molecule has 0 saturated heterocycles. The van der Waals surface area contributed by atoms with Crippen molar-refractivity contribution in [3.8, 4) is 5.75 Å². The standard InChI is InChI=1S/C12H19NO2/c1-9(2)15-12-6-11(7-13-8-12)5-4-10(3)14/h6-10,14H,4-5H2,1-3H3. The Morgan fingerprint density at radius 1 is 1.33 bits per heavy atom. The zero-order valence-corrected chi connectivity index (χ0v) is 9.60. The largest absolute Gasteiger partial charge is 0.489 e. The van der Waals surface area contributed by atoms with E-state index < -0.39 is 0 Å². The number of aryl methyl sites for hydroxylation is 1. The Balaban J connectivity index is 2.57. The van der Waals surface area contributed by atoms with Gasteiger partial charge in [0.1, 0.15) is 5.75 Å². The number of aliphatic hydroxyl groups is 1. The lowest BCUT2D eigenvalue weighted by molar-refractivity contribution is 0.184. The highest BCUT2D eigenvalue weighted by atomic mass is 16.5. The van der Waals surface area contributed by atoms with Crippen LogP contribution in [0.15, 0.2) is 18.5 Å².